The van der Waals surface area contributed by atoms with Crippen molar-refractivity contribution in [3.05, 3.63) is 71.8 Å². The van der Waals surface area contributed by atoms with E-state index in [4.69, 9.17) is 10.1 Å². The molecule has 1 aliphatic heterocycles. The van der Waals surface area contributed by atoms with Crippen LogP contribution in [-0.2, 0) is 21.1 Å². The molecule has 1 N–H and O–H groups in total. The molecule has 1 aliphatic rings. The predicted molar refractivity (Wildman–Crippen MR) is 96.8 cm³/mol. The van der Waals surface area contributed by atoms with Gasteiger partial charge in [-0.3, -0.25) is 5.41 Å². The highest BCUT2D eigenvalue weighted by Crippen LogP contribution is 2.49. The van der Waals surface area contributed by atoms with Gasteiger partial charge in [-0.15, -0.1) is 0 Å². The normalized spacial score (nSPS) is 21.8. The van der Waals surface area contributed by atoms with E-state index in [1.165, 1.54) is 0 Å². The molecule has 0 unspecified atom stereocenters. The zero-order valence-corrected chi connectivity index (χ0v) is 14.9. The van der Waals surface area contributed by atoms with E-state index >= 15 is 0 Å². The van der Waals surface area contributed by atoms with Crippen LogP contribution in [0.15, 0.2) is 70.5 Å². The number of nitrogens with one attached hydrogen (secondary N) is 1. The van der Waals surface area contributed by atoms with Crippen LogP contribution in [0.5, 0.6) is 0 Å². The number of hydrogen-bond acceptors (Lipinski definition) is 3. The Morgan fingerprint density at radius 1 is 1.08 bits per heavy atom. The fourth-order valence-electron chi connectivity index (χ4n) is 3.23. The van der Waals surface area contributed by atoms with E-state index in [2.05, 4.69) is 20.4 Å². The molecule has 3 rings (SSSR count). The highest BCUT2D eigenvalue weighted by molar-refractivity contribution is 7.85. The largest absolute Gasteiger partial charge is 0.461 e. The van der Waals surface area contributed by atoms with Gasteiger partial charge in [0.2, 0.25) is 5.90 Å². The highest BCUT2D eigenvalue weighted by Gasteiger charge is 2.48. The van der Waals surface area contributed by atoms with Crippen molar-refractivity contribution < 1.29 is 8.95 Å². The standard InChI is InChI=1S/C20H21NO2S/c1-13(2)19(21)23-20(14(3)4)15-9-5-7-11-17(15)24(22)18-12-8-6-10-16(18)20/h5-12,14,21H,1H2,2-4H3. The summed E-state index contributed by atoms with van der Waals surface area (Å²) in [7, 11) is -1.25. The molecule has 3 nitrogen and oxygen atoms in total. The molecule has 1 heterocycles. The molecule has 0 amide bonds. The van der Waals surface area contributed by atoms with Crippen LogP contribution in [0.25, 0.3) is 0 Å². The summed E-state index contributed by atoms with van der Waals surface area (Å²) in [6.45, 7) is 9.71. The van der Waals surface area contributed by atoms with Crippen molar-refractivity contribution in [1.82, 2.24) is 0 Å². The quantitative estimate of drug-likeness (QED) is 0.654. The van der Waals surface area contributed by atoms with E-state index in [0.29, 0.717) is 5.57 Å². The third-order valence-corrected chi connectivity index (χ3v) is 5.95. The number of fused-ring (bicyclic) bond motifs is 2. The van der Waals surface area contributed by atoms with Crippen LogP contribution < -0.4 is 0 Å². The summed E-state index contributed by atoms with van der Waals surface area (Å²) in [4.78, 5) is 1.50. The number of benzene rings is 2. The molecule has 0 aliphatic carbocycles. The maximum atomic E-state index is 13.0. The third-order valence-electron chi connectivity index (χ3n) is 4.44. The third kappa shape index (κ3) is 2.33. The van der Waals surface area contributed by atoms with E-state index in [-0.39, 0.29) is 11.8 Å². The summed E-state index contributed by atoms with van der Waals surface area (Å²) in [5.41, 5.74) is 1.44. The van der Waals surface area contributed by atoms with Crippen molar-refractivity contribution >= 4 is 16.7 Å². The lowest BCUT2D eigenvalue weighted by atomic mass is 9.77. The Labute approximate surface area is 145 Å². The van der Waals surface area contributed by atoms with Crippen molar-refractivity contribution in [1.29, 1.82) is 5.41 Å². The fraction of sp³-hybridized carbons (Fsp3) is 0.250. The summed E-state index contributed by atoms with van der Waals surface area (Å²) in [6, 6.07) is 15.3. The maximum absolute atomic E-state index is 13.0. The second kappa shape index (κ2) is 6.02. The molecular weight excluding hydrogens is 318 g/mol. The molecule has 2 aromatic rings. The molecule has 0 saturated carbocycles. The first-order chi connectivity index (χ1) is 11.4. The van der Waals surface area contributed by atoms with Gasteiger partial charge >= 0.3 is 0 Å². The first-order valence-corrected chi connectivity index (χ1v) is 9.08. The van der Waals surface area contributed by atoms with E-state index < -0.39 is 16.4 Å². The number of ether oxygens (including phenoxy) is 1. The molecular formula is C20H21NO2S. The van der Waals surface area contributed by atoms with Crippen LogP contribution >= 0.6 is 0 Å². The topological polar surface area (TPSA) is 50.1 Å². The summed E-state index contributed by atoms with van der Waals surface area (Å²) in [5.74, 6) is 0.0952. The minimum absolute atomic E-state index is 0.0387. The van der Waals surface area contributed by atoms with Gasteiger partial charge in [0.15, 0.2) is 5.60 Å². The van der Waals surface area contributed by atoms with Crippen molar-refractivity contribution in [2.75, 3.05) is 0 Å². The molecule has 2 aromatic carbocycles. The van der Waals surface area contributed by atoms with Crippen molar-refractivity contribution in [3.63, 3.8) is 0 Å². The van der Waals surface area contributed by atoms with Crippen molar-refractivity contribution in [2.24, 2.45) is 5.92 Å². The monoisotopic (exact) mass is 339 g/mol. The Bertz CT molecular complexity index is 805. The molecule has 0 bridgehead atoms. The molecule has 0 saturated heterocycles. The van der Waals surface area contributed by atoms with Gasteiger partial charge in [0.05, 0.1) is 20.6 Å². The van der Waals surface area contributed by atoms with Gasteiger partial charge in [0.25, 0.3) is 0 Å². The average Bonchev–Trinajstić information content (AvgIpc) is 2.58. The molecule has 0 aromatic heterocycles. The summed E-state index contributed by atoms with van der Waals surface area (Å²) >= 11 is 0. The van der Waals surface area contributed by atoms with Gasteiger partial charge in [0, 0.05) is 22.6 Å². The lowest BCUT2D eigenvalue weighted by molar-refractivity contribution is 0.0394. The van der Waals surface area contributed by atoms with Gasteiger partial charge < -0.3 is 4.74 Å². The summed E-state index contributed by atoms with van der Waals surface area (Å²) in [6.07, 6.45) is 0. The Balaban J connectivity index is 2.36. The van der Waals surface area contributed by atoms with E-state index in [1.807, 2.05) is 48.5 Å². The van der Waals surface area contributed by atoms with Crippen LogP contribution in [0.3, 0.4) is 0 Å². The minimum Gasteiger partial charge on any atom is -0.461 e. The predicted octanol–water partition coefficient (Wildman–Crippen LogP) is 4.64. The van der Waals surface area contributed by atoms with Crippen molar-refractivity contribution in [2.45, 2.75) is 36.2 Å². The Hall–Kier alpha value is -2.20. The van der Waals surface area contributed by atoms with Crippen LogP contribution in [0.2, 0.25) is 0 Å². The molecule has 4 heteroatoms. The van der Waals surface area contributed by atoms with Gasteiger partial charge in [0.1, 0.15) is 0 Å². The Morgan fingerprint density at radius 3 is 1.96 bits per heavy atom. The lowest BCUT2D eigenvalue weighted by Gasteiger charge is -2.43. The molecule has 0 atom stereocenters. The molecule has 0 spiro atoms. The summed E-state index contributed by atoms with van der Waals surface area (Å²) in [5, 5.41) is 8.23. The second-order valence-corrected chi connectivity index (χ2v) is 7.78. The van der Waals surface area contributed by atoms with Gasteiger partial charge in [-0.25, -0.2) is 4.21 Å². The second-order valence-electron chi connectivity index (χ2n) is 6.36. The average molecular weight is 339 g/mol. The van der Waals surface area contributed by atoms with Crippen LogP contribution in [0.4, 0.5) is 0 Å². The summed E-state index contributed by atoms with van der Waals surface area (Å²) < 4.78 is 19.3. The van der Waals surface area contributed by atoms with Crippen molar-refractivity contribution in [3.8, 4) is 0 Å². The van der Waals surface area contributed by atoms with Crippen LogP contribution in [0, 0.1) is 11.3 Å². The number of hydrogen-bond donors (Lipinski definition) is 1. The van der Waals surface area contributed by atoms with E-state index in [0.717, 1.165) is 20.9 Å². The first kappa shape index (κ1) is 16.7. The number of rotatable bonds is 3. The maximum Gasteiger partial charge on any atom is 0.209 e. The van der Waals surface area contributed by atoms with Gasteiger partial charge in [-0.05, 0) is 19.1 Å². The van der Waals surface area contributed by atoms with Gasteiger partial charge in [-0.2, -0.15) is 0 Å². The molecule has 24 heavy (non-hydrogen) atoms. The SMILES string of the molecule is C=C(C)C(=N)OC1(C(C)C)c2ccccc2S(=O)c2ccccc21. The zero-order valence-electron chi connectivity index (χ0n) is 14.1. The molecule has 124 valence electrons. The Morgan fingerprint density at radius 2 is 1.54 bits per heavy atom. The Kier molecular flexibility index (Phi) is 4.18. The van der Waals surface area contributed by atoms with E-state index in [9.17, 15) is 4.21 Å². The first-order valence-electron chi connectivity index (χ1n) is 7.93. The zero-order chi connectivity index (χ0) is 17.5. The lowest BCUT2D eigenvalue weighted by Crippen LogP contribution is -2.42. The highest BCUT2D eigenvalue weighted by atomic mass is 32.2. The van der Waals surface area contributed by atoms with Gasteiger partial charge in [-0.1, -0.05) is 56.8 Å². The molecule has 0 radical (unpaired) electrons. The van der Waals surface area contributed by atoms with Crippen LogP contribution in [0.1, 0.15) is 31.9 Å². The van der Waals surface area contributed by atoms with E-state index in [1.54, 1.807) is 6.92 Å². The smallest absolute Gasteiger partial charge is 0.209 e. The molecule has 0 fully saturated rings. The fourth-order valence-corrected chi connectivity index (χ4v) is 4.71. The minimum atomic E-state index is -1.25. The van der Waals surface area contributed by atoms with Crippen LogP contribution in [-0.4, -0.2) is 10.1 Å².